The Morgan fingerprint density at radius 1 is 1.30 bits per heavy atom. The molecule has 2 rings (SSSR count). The number of para-hydroxylation sites is 1. The average molecular weight is 416 g/mol. The van der Waals surface area contributed by atoms with E-state index >= 15 is 0 Å². The van der Waals surface area contributed by atoms with Crippen molar-refractivity contribution < 1.29 is 31.1 Å². The van der Waals surface area contributed by atoms with Crippen molar-refractivity contribution in [1.82, 2.24) is 0 Å². The van der Waals surface area contributed by atoms with E-state index in [1.807, 2.05) is 6.08 Å². The second-order valence-electron chi connectivity index (χ2n) is 6.23. The Morgan fingerprint density at radius 2 is 1.93 bits per heavy atom. The number of fused-ring (bicyclic) bond motifs is 1. The van der Waals surface area contributed by atoms with Gasteiger partial charge >= 0.3 is 5.97 Å². The summed E-state index contributed by atoms with van der Waals surface area (Å²) in [6, 6.07) is 8.50. The number of carbonyl (C=O) groups is 1. The predicted octanol–water partition coefficient (Wildman–Crippen LogP) is 3.98. The van der Waals surface area contributed by atoms with E-state index in [0.717, 1.165) is 0 Å². The summed E-state index contributed by atoms with van der Waals surface area (Å²) in [6.45, 7) is 6.42. The normalized spacial score (nSPS) is 15.4. The largest absolute Gasteiger partial charge is 0.496 e. The van der Waals surface area contributed by atoms with E-state index < -0.39 is 11.9 Å². The van der Waals surface area contributed by atoms with Gasteiger partial charge in [-0.2, -0.15) is 0 Å². The first-order chi connectivity index (χ1) is 12.3. The number of rotatable bonds is 5. The van der Waals surface area contributed by atoms with Crippen molar-refractivity contribution in [2.24, 2.45) is 0 Å². The van der Waals surface area contributed by atoms with E-state index in [4.69, 9.17) is 15.9 Å². The zero-order valence-electron chi connectivity index (χ0n) is 16.1. The molecule has 27 heavy (non-hydrogen) atoms. The van der Waals surface area contributed by atoms with Crippen LogP contribution in [0.5, 0.6) is 0 Å². The molecule has 0 bridgehead atoms. The minimum Gasteiger partial charge on any atom is -0.496 e. The molecule has 0 radical (unpaired) electrons. The Balaban J connectivity index is 0.000000584. The maximum atomic E-state index is 10.3. The first kappa shape index (κ1) is 24.6. The Hall–Kier alpha value is -2.40. The van der Waals surface area contributed by atoms with Gasteiger partial charge < -0.3 is 20.2 Å². The Bertz CT molecular complexity index is 727. The molecule has 0 aliphatic carbocycles. The molecular formula is C20H27N3NiO3. The number of benzene rings is 1. The number of anilines is 1. The van der Waals surface area contributed by atoms with E-state index in [-0.39, 0.29) is 34.9 Å². The molecule has 0 atom stereocenters. The number of allylic oxidation sites excluding steroid dienone is 4. The van der Waals surface area contributed by atoms with E-state index in [1.54, 1.807) is 13.0 Å². The maximum Gasteiger partial charge on any atom is 0.315 e. The SMILES string of the molecule is CCOC(=O)CC(=N)O.CN1/C(=C\C=C\C=N)C(C)(C)c2ccccc21.[Ni]. The zero-order valence-corrected chi connectivity index (χ0v) is 17.0. The van der Waals surface area contributed by atoms with Crippen LogP contribution < -0.4 is 4.90 Å². The molecule has 0 fully saturated rings. The molecule has 0 saturated heterocycles. The monoisotopic (exact) mass is 415 g/mol. The van der Waals surface area contributed by atoms with Crippen molar-refractivity contribution >= 4 is 23.8 Å². The number of aliphatic hydroxyl groups is 1. The first-order valence-corrected chi connectivity index (χ1v) is 8.38. The van der Waals surface area contributed by atoms with Crippen LogP contribution in [-0.2, 0) is 31.4 Å². The van der Waals surface area contributed by atoms with Crippen molar-refractivity contribution in [2.75, 3.05) is 18.6 Å². The minimum atomic E-state index is -0.659. The summed E-state index contributed by atoms with van der Waals surface area (Å²) in [5.41, 5.74) is 3.92. The van der Waals surface area contributed by atoms with E-state index in [9.17, 15) is 4.79 Å². The summed E-state index contributed by atoms with van der Waals surface area (Å²) in [4.78, 5) is 12.6. The van der Waals surface area contributed by atoms with Gasteiger partial charge in [0.25, 0.3) is 0 Å². The Kier molecular flexibility index (Phi) is 10.3. The van der Waals surface area contributed by atoms with Crippen molar-refractivity contribution in [3.05, 3.63) is 53.8 Å². The fraction of sp³-hybridized carbons (Fsp3) is 0.350. The molecule has 1 aromatic rings. The number of nitrogens with one attached hydrogen (secondary N) is 2. The number of hydrogen-bond donors (Lipinski definition) is 3. The average Bonchev–Trinajstić information content (AvgIpc) is 2.76. The van der Waals surface area contributed by atoms with Crippen LogP contribution >= 0.6 is 0 Å². The van der Waals surface area contributed by atoms with Crippen molar-refractivity contribution in [2.45, 2.75) is 32.6 Å². The molecule has 6 nitrogen and oxygen atoms in total. The van der Waals surface area contributed by atoms with Gasteiger partial charge in [-0.05, 0) is 30.7 Å². The van der Waals surface area contributed by atoms with Gasteiger partial charge in [-0.15, -0.1) is 0 Å². The van der Waals surface area contributed by atoms with Gasteiger partial charge in [0.05, 0.1) is 6.61 Å². The molecule has 0 spiro atoms. The molecule has 150 valence electrons. The van der Waals surface area contributed by atoms with Gasteiger partial charge in [0.15, 0.2) is 5.90 Å². The van der Waals surface area contributed by atoms with Crippen LogP contribution in [0.3, 0.4) is 0 Å². The van der Waals surface area contributed by atoms with Gasteiger partial charge in [-0.3, -0.25) is 10.2 Å². The summed E-state index contributed by atoms with van der Waals surface area (Å²) in [7, 11) is 2.09. The summed E-state index contributed by atoms with van der Waals surface area (Å²) in [6.07, 6.45) is 6.72. The van der Waals surface area contributed by atoms with Crippen LogP contribution in [-0.4, -0.2) is 36.8 Å². The van der Waals surface area contributed by atoms with Crippen LogP contribution in [0, 0.1) is 10.8 Å². The fourth-order valence-electron chi connectivity index (χ4n) is 2.85. The van der Waals surface area contributed by atoms with Crippen LogP contribution in [0.25, 0.3) is 0 Å². The molecular weight excluding hydrogens is 389 g/mol. The summed E-state index contributed by atoms with van der Waals surface area (Å²) in [5.74, 6) is -1.22. The summed E-state index contributed by atoms with van der Waals surface area (Å²) >= 11 is 0. The van der Waals surface area contributed by atoms with Crippen molar-refractivity contribution in [1.29, 1.82) is 10.8 Å². The third-order valence-electron chi connectivity index (χ3n) is 4.02. The van der Waals surface area contributed by atoms with Crippen LogP contribution in [0.4, 0.5) is 5.69 Å². The molecule has 0 unspecified atom stereocenters. The molecule has 0 saturated carbocycles. The van der Waals surface area contributed by atoms with E-state index in [0.29, 0.717) is 0 Å². The van der Waals surface area contributed by atoms with Crippen LogP contribution in [0.15, 0.2) is 48.2 Å². The van der Waals surface area contributed by atoms with Gasteiger partial charge in [0.1, 0.15) is 6.42 Å². The molecule has 3 N–H and O–H groups in total. The van der Waals surface area contributed by atoms with Gasteiger partial charge in [-0.1, -0.05) is 38.1 Å². The molecule has 1 aliphatic rings. The number of nitrogens with zero attached hydrogens (tertiary/aromatic N) is 1. The smallest absolute Gasteiger partial charge is 0.315 e. The number of likely N-dealkylation sites (N-methyl/N-ethyl adjacent to an activating group) is 1. The molecule has 1 aliphatic heterocycles. The number of carbonyl (C=O) groups excluding carboxylic acids is 1. The third-order valence-corrected chi connectivity index (χ3v) is 4.02. The Morgan fingerprint density at radius 3 is 2.44 bits per heavy atom. The summed E-state index contributed by atoms with van der Waals surface area (Å²) < 4.78 is 4.41. The van der Waals surface area contributed by atoms with Crippen LogP contribution in [0.1, 0.15) is 32.8 Å². The minimum absolute atomic E-state index is 0. The van der Waals surface area contributed by atoms with Gasteiger partial charge in [-0.25, -0.2) is 0 Å². The standard InChI is InChI=1S/C15H18N2.C5H9NO3.Ni/c1-15(2)12-8-4-5-9-13(12)17(3)14(15)10-6-7-11-16;1-2-9-5(8)3-4(6)7;/h4-11,16H,1-3H3;2-3H2,1H3,(H2,6,7);/b7-6+,14-10-,16-11?;;. The quantitative estimate of drug-likeness (QED) is 0.293. The van der Waals surface area contributed by atoms with Gasteiger partial charge in [0.2, 0.25) is 0 Å². The molecule has 1 heterocycles. The predicted molar refractivity (Wildman–Crippen MR) is 105 cm³/mol. The van der Waals surface area contributed by atoms with Gasteiger partial charge in [0, 0.05) is 46.6 Å². The van der Waals surface area contributed by atoms with Crippen molar-refractivity contribution in [3.63, 3.8) is 0 Å². The molecule has 0 aromatic heterocycles. The fourth-order valence-corrected chi connectivity index (χ4v) is 2.85. The summed E-state index contributed by atoms with van der Waals surface area (Å²) in [5, 5.41) is 21.7. The topological polar surface area (TPSA) is 97.5 Å². The second-order valence-corrected chi connectivity index (χ2v) is 6.23. The molecule has 7 heteroatoms. The maximum absolute atomic E-state index is 10.3. The number of hydrogen-bond acceptors (Lipinski definition) is 5. The first-order valence-electron chi connectivity index (χ1n) is 8.38. The third kappa shape index (κ3) is 6.68. The molecule has 0 amide bonds. The molecule has 1 aromatic carbocycles. The van der Waals surface area contributed by atoms with Crippen LogP contribution in [0.2, 0.25) is 0 Å². The number of aliphatic hydroxyl groups excluding tert-OH is 1. The van der Waals surface area contributed by atoms with Crippen molar-refractivity contribution in [3.8, 4) is 0 Å². The second kappa shape index (κ2) is 11.3. The van der Waals surface area contributed by atoms with E-state index in [1.165, 1.54) is 23.2 Å². The Labute approximate surface area is 170 Å². The number of esters is 1. The number of ether oxygens (including phenoxy) is 1. The zero-order chi connectivity index (χ0) is 19.7. The van der Waals surface area contributed by atoms with E-state index in [2.05, 4.69) is 60.9 Å².